The summed E-state index contributed by atoms with van der Waals surface area (Å²) < 4.78 is 48.1. The van der Waals surface area contributed by atoms with Gasteiger partial charge >= 0.3 is 5.97 Å². The van der Waals surface area contributed by atoms with E-state index in [2.05, 4.69) is 0 Å². The van der Waals surface area contributed by atoms with Crippen molar-refractivity contribution in [1.29, 1.82) is 0 Å². The molecule has 4 heterocycles. The van der Waals surface area contributed by atoms with Gasteiger partial charge in [-0.25, -0.2) is 4.79 Å². The highest BCUT2D eigenvalue weighted by Crippen LogP contribution is 2.37. The van der Waals surface area contributed by atoms with Crippen molar-refractivity contribution in [3.05, 3.63) is 24.3 Å². The molecule has 3 fully saturated rings. The number of fused-ring (bicyclic) bond motifs is 1. The summed E-state index contributed by atoms with van der Waals surface area (Å²) in [5.74, 6) is -1.66. The fourth-order valence-corrected chi connectivity index (χ4v) is 7.64. The molecular formula is C37H61NO12. The van der Waals surface area contributed by atoms with Crippen molar-refractivity contribution in [2.75, 3.05) is 34.9 Å². The Balaban J connectivity index is 1.56. The minimum absolute atomic E-state index is 0.0293. The molecule has 0 aromatic carbocycles. The quantitative estimate of drug-likeness (QED) is 0.266. The number of aliphatic hydroxyl groups excluding tert-OH is 2. The molecule has 286 valence electrons. The number of rotatable bonds is 9. The number of aliphatic hydroxyl groups is 2. The van der Waals surface area contributed by atoms with Gasteiger partial charge in [0, 0.05) is 44.1 Å². The van der Waals surface area contributed by atoms with Crippen molar-refractivity contribution in [3.63, 3.8) is 0 Å². The molecule has 0 bridgehead atoms. The van der Waals surface area contributed by atoms with Crippen LogP contribution in [-0.2, 0) is 47.5 Å². The fourth-order valence-electron chi connectivity index (χ4n) is 7.64. The number of nitrogens with zero attached hydrogens (tertiary/aromatic N) is 1. The summed E-state index contributed by atoms with van der Waals surface area (Å²) in [5, 5.41) is 21.8. The zero-order chi connectivity index (χ0) is 36.9. The summed E-state index contributed by atoms with van der Waals surface area (Å²) in [7, 11) is 6.85. The third kappa shape index (κ3) is 10.00. The maximum atomic E-state index is 13.4. The van der Waals surface area contributed by atoms with Gasteiger partial charge in [0.1, 0.15) is 36.6 Å². The number of hydrogen-bond donors (Lipinski definition) is 2. The third-order valence-electron chi connectivity index (χ3n) is 10.7. The van der Waals surface area contributed by atoms with Crippen LogP contribution in [0.2, 0.25) is 0 Å². The molecule has 13 heteroatoms. The Morgan fingerprint density at radius 1 is 0.860 bits per heavy atom. The van der Waals surface area contributed by atoms with Crippen molar-refractivity contribution < 1.29 is 57.7 Å². The molecule has 0 radical (unpaired) electrons. The summed E-state index contributed by atoms with van der Waals surface area (Å²) in [5.41, 5.74) is 0. The van der Waals surface area contributed by atoms with Crippen LogP contribution in [0.3, 0.4) is 0 Å². The number of likely N-dealkylation sites (N-methyl/N-ethyl adjacent to an activating group) is 1. The SMILES string of the molecule is CCC1OC(=O)/C=C\C(C)C(OC2OC(C)CC(N(C)C)C2O)C(C)CC(C)C(=O)/C=C\C2OC2C1COC1OC(C)C(O)C(OC)C1OC. The first-order chi connectivity index (χ1) is 23.7. The third-order valence-corrected chi connectivity index (χ3v) is 10.7. The van der Waals surface area contributed by atoms with Gasteiger partial charge in [0.05, 0.1) is 31.0 Å². The molecular weight excluding hydrogens is 650 g/mol. The zero-order valence-electron chi connectivity index (χ0n) is 31.4. The van der Waals surface area contributed by atoms with Crippen molar-refractivity contribution >= 4 is 11.8 Å². The van der Waals surface area contributed by atoms with E-state index in [1.165, 1.54) is 20.3 Å². The fraction of sp³-hybridized carbons (Fsp3) is 0.838. The van der Waals surface area contributed by atoms with E-state index in [-0.39, 0.29) is 54.5 Å². The lowest BCUT2D eigenvalue weighted by Crippen LogP contribution is -2.59. The predicted molar refractivity (Wildman–Crippen MR) is 183 cm³/mol. The Morgan fingerprint density at radius 2 is 1.56 bits per heavy atom. The first-order valence-corrected chi connectivity index (χ1v) is 18.1. The van der Waals surface area contributed by atoms with E-state index in [9.17, 15) is 19.8 Å². The number of epoxide rings is 1. The van der Waals surface area contributed by atoms with Crippen LogP contribution in [0.15, 0.2) is 24.3 Å². The molecule has 3 saturated heterocycles. The number of ether oxygens (including phenoxy) is 8. The largest absolute Gasteiger partial charge is 0.459 e. The topological polar surface area (TPSA) is 155 Å². The van der Waals surface area contributed by atoms with Crippen molar-refractivity contribution in [2.24, 2.45) is 23.7 Å². The van der Waals surface area contributed by atoms with Crippen LogP contribution in [-0.4, -0.2) is 141 Å². The summed E-state index contributed by atoms with van der Waals surface area (Å²) in [6.07, 6.45) is 0.848. The minimum Gasteiger partial charge on any atom is -0.459 e. The van der Waals surface area contributed by atoms with Crippen LogP contribution in [0, 0.1) is 23.7 Å². The molecule has 0 aromatic heterocycles. The van der Waals surface area contributed by atoms with Crippen molar-refractivity contribution in [3.8, 4) is 0 Å². The number of cyclic esters (lactones) is 1. The molecule has 0 amide bonds. The van der Waals surface area contributed by atoms with Crippen molar-refractivity contribution in [2.45, 2.75) is 140 Å². The molecule has 0 spiro atoms. The molecule has 0 saturated carbocycles. The van der Waals surface area contributed by atoms with E-state index < -0.39 is 67.2 Å². The van der Waals surface area contributed by atoms with Gasteiger partial charge in [0.25, 0.3) is 0 Å². The van der Waals surface area contributed by atoms with Crippen LogP contribution in [0.4, 0.5) is 0 Å². The monoisotopic (exact) mass is 711 g/mol. The van der Waals surface area contributed by atoms with Gasteiger partial charge in [-0.1, -0.05) is 33.8 Å². The number of carbonyl (C=O) groups is 2. The van der Waals surface area contributed by atoms with E-state index in [0.29, 0.717) is 19.3 Å². The first-order valence-electron chi connectivity index (χ1n) is 18.1. The van der Waals surface area contributed by atoms with Gasteiger partial charge in [-0.05, 0) is 65.3 Å². The standard InChI is InChI=1S/C37H61NO12/c1-11-27-24(18-45-37-35(44-10)34(43-9)30(41)23(6)47-37)33-28(49-33)14-13-26(39)20(3)16-21(4)32(19(2)12-15-29(40)48-27)50-36-31(42)25(38(7)8)17-22(5)46-36/h12-15,19-25,27-28,30-37,41-42H,11,16-18H2,1-10H3/b14-13-,15-12-. The molecule has 13 nitrogen and oxygen atoms in total. The van der Waals surface area contributed by atoms with E-state index in [0.717, 1.165) is 0 Å². The number of allylic oxidation sites excluding steroid dienone is 1. The molecule has 4 aliphatic rings. The molecule has 4 aliphatic heterocycles. The average Bonchev–Trinajstić information content (AvgIpc) is 3.85. The van der Waals surface area contributed by atoms with Gasteiger partial charge in [0.2, 0.25) is 0 Å². The molecule has 17 atom stereocenters. The molecule has 4 rings (SSSR count). The van der Waals surface area contributed by atoms with Crippen LogP contribution in [0.25, 0.3) is 0 Å². The summed E-state index contributed by atoms with van der Waals surface area (Å²) in [6, 6.07) is -0.144. The van der Waals surface area contributed by atoms with Gasteiger partial charge in [-0.15, -0.1) is 0 Å². The first kappa shape index (κ1) is 41.0. The molecule has 2 N–H and O–H groups in total. The summed E-state index contributed by atoms with van der Waals surface area (Å²) in [4.78, 5) is 28.7. The highest BCUT2D eigenvalue weighted by Gasteiger charge is 2.50. The maximum Gasteiger partial charge on any atom is 0.330 e. The minimum atomic E-state index is -0.904. The number of ketones is 1. The number of methoxy groups -OCH3 is 2. The lowest BCUT2D eigenvalue weighted by Gasteiger charge is -2.43. The summed E-state index contributed by atoms with van der Waals surface area (Å²) in [6.45, 7) is 11.6. The van der Waals surface area contributed by atoms with Gasteiger partial charge in [0.15, 0.2) is 18.4 Å². The Morgan fingerprint density at radius 3 is 2.20 bits per heavy atom. The Bertz CT molecular complexity index is 1170. The summed E-state index contributed by atoms with van der Waals surface area (Å²) >= 11 is 0. The Hall–Kier alpha value is -1.78. The zero-order valence-corrected chi connectivity index (χ0v) is 31.4. The van der Waals surface area contributed by atoms with E-state index in [1.807, 2.05) is 53.6 Å². The van der Waals surface area contributed by atoms with Gasteiger partial charge < -0.3 is 53.0 Å². The average molecular weight is 712 g/mol. The van der Waals surface area contributed by atoms with Gasteiger partial charge in [-0.2, -0.15) is 0 Å². The highest BCUT2D eigenvalue weighted by molar-refractivity contribution is 5.91. The maximum absolute atomic E-state index is 13.4. The number of hydrogen-bond acceptors (Lipinski definition) is 13. The normalized spacial score (nSPS) is 46.2. The predicted octanol–water partition coefficient (Wildman–Crippen LogP) is 2.65. The van der Waals surface area contributed by atoms with Crippen LogP contribution >= 0.6 is 0 Å². The van der Waals surface area contributed by atoms with Gasteiger partial charge in [-0.3, -0.25) is 4.79 Å². The van der Waals surface area contributed by atoms with Crippen molar-refractivity contribution in [1.82, 2.24) is 4.90 Å². The van der Waals surface area contributed by atoms with Crippen LogP contribution < -0.4 is 0 Å². The molecule has 0 aliphatic carbocycles. The van der Waals surface area contributed by atoms with Crippen LogP contribution in [0.5, 0.6) is 0 Å². The van der Waals surface area contributed by atoms with E-state index in [4.69, 9.17) is 37.9 Å². The smallest absolute Gasteiger partial charge is 0.330 e. The highest BCUT2D eigenvalue weighted by atomic mass is 16.7. The molecule has 17 unspecified atom stereocenters. The second-order valence-corrected chi connectivity index (χ2v) is 14.8. The molecule has 50 heavy (non-hydrogen) atoms. The number of esters is 1. The van der Waals surface area contributed by atoms with E-state index >= 15 is 0 Å². The Labute approximate surface area is 297 Å². The second kappa shape index (κ2) is 18.3. The molecule has 0 aromatic rings. The Kier molecular flexibility index (Phi) is 15.0. The van der Waals surface area contributed by atoms with E-state index in [1.54, 1.807) is 25.2 Å². The number of carbonyl (C=O) groups excluding carboxylic acids is 2. The second-order valence-electron chi connectivity index (χ2n) is 14.8. The van der Waals surface area contributed by atoms with Crippen LogP contribution in [0.1, 0.15) is 60.8 Å². The lowest BCUT2D eigenvalue weighted by molar-refractivity contribution is -0.305. The lowest BCUT2D eigenvalue weighted by atomic mass is 9.84.